The number of hydrogen-bond acceptors (Lipinski definition) is 4. The maximum atomic E-state index is 11.7. The molecule has 4 rings (SSSR count). The highest BCUT2D eigenvalue weighted by Gasteiger charge is 2.52. The Labute approximate surface area is 155 Å². The molecule has 0 amide bonds. The zero-order valence-corrected chi connectivity index (χ0v) is 15.7. The van der Waals surface area contributed by atoms with E-state index in [0.29, 0.717) is 0 Å². The number of benzene rings is 1. The average Bonchev–Trinajstić information content (AvgIpc) is 2.63. The zero-order chi connectivity index (χ0) is 18.1. The first kappa shape index (κ1) is 17.5. The predicted octanol–water partition coefficient (Wildman–Crippen LogP) is 3.52. The topological polar surface area (TPSA) is 45.6 Å². The largest absolute Gasteiger partial charge is 0.496 e. The van der Waals surface area contributed by atoms with Crippen molar-refractivity contribution in [2.24, 2.45) is 11.8 Å². The van der Waals surface area contributed by atoms with Crippen molar-refractivity contribution < 1.29 is 9.84 Å². The van der Waals surface area contributed by atoms with E-state index in [1.54, 1.807) is 7.11 Å². The number of aliphatic hydroxyl groups is 1. The van der Waals surface area contributed by atoms with Gasteiger partial charge in [0, 0.05) is 43.2 Å². The summed E-state index contributed by atoms with van der Waals surface area (Å²) in [6.45, 7) is 4.72. The van der Waals surface area contributed by atoms with Crippen molar-refractivity contribution in [2.75, 3.05) is 20.2 Å². The number of nitrogens with zero attached hydrogens (tertiary/aromatic N) is 2. The molecule has 1 aliphatic heterocycles. The van der Waals surface area contributed by atoms with Crippen molar-refractivity contribution in [3.63, 3.8) is 0 Å². The van der Waals surface area contributed by atoms with Crippen LogP contribution >= 0.6 is 0 Å². The Bertz CT molecular complexity index is 745. The van der Waals surface area contributed by atoms with Crippen LogP contribution in [0.15, 0.2) is 42.6 Å². The van der Waals surface area contributed by atoms with Crippen LogP contribution in [0.3, 0.4) is 0 Å². The van der Waals surface area contributed by atoms with E-state index in [2.05, 4.69) is 28.1 Å². The molecule has 1 aromatic carbocycles. The zero-order valence-electron chi connectivity index (χ0n) is 15.7. The van der Waals surface area contributed by atoms with E-state index >= 15 is 0 Å². The maximum Gasteiger partial charge on any atom is 0.123 e. The van der Waals surface area contributed by atoms with Gasteiger partial charge >= 0.3 is 0 Å². The summed E-state index contributed by atoms with van der Waals surface area (Å²) in [7, 11) is 1.73. The van der Waals surface area contributed by atoms with Gasteiger partial charge in [0.05, 0.1) is 12.8 Å². The third-order valence-corrected chi connectivity index (χ3v) is 6.22. The highest BCUT2D eigenvalue weighted by atomic mass is 16.5. The van der Waals surface area contributed by atoms with Gasteiger partial charge < -0.3 is 9.84 Å². The Balaban J connectivity index is 1.57. The number of ether oxygens (including phenoxy) is 1. The smallest absolute Gasteiger partial charge is 0.123 e. The summed E-state index contributed by atoms with van der Waals surface area (Å²) >= 11 is 0. The molecule has 1 aromatic heterocycles. The third kappa shape index (κ3) is 3.01. The minimum atomic E-state index is -0.788. The molecule has 0 radical (unpaired) electrons. The number of aryl methyl sites for hydroxylation is 1. The monoisotopic (exact) mass is 352 g/mol. The van der Waals surface area contributed by atoms with Crippen LogP contribution in [0.5, 0.6) is 5.75 Å². The summed E-state index contributed by atoms with van der Waals surface area (Å²) < 4.78 is 5.52. The number of rotatable bonds is 4. The molecule has 0 spiro atoms. The molecule has 4 nitrogen and oxygen atoms in total. The van der Waals surface area contributed by atoms with Gasteiger partial charge in [-0.2, -0.15) is 0 Å². The summed E-state index contributed by atoms with van der Waals surface area (Å²) in [5, 5.41) is 11.7. The second-order valence-corrected chi connectivity index (χ2v) is 7.88. The Hall–Kier alpha value is -1.91. The minimum Gasteiger partial charge on any atom is -0.496 e. The number of likely N-dealkylation sites (tertiary alicyclic amines) is 1. The van der Waals surface area contributed by atoms with E-state index in [-0.39, 0.29) is 11.8 Å². The van der Waals surface area contributed by atoms with Crippen molar-refractivity contribution >= 4 is 0 Å². The molecule has 1 N–H and O–H groups in total. The lowest BCUT2D eigenvalue weighted by atomic mass is 9.64. The van der Waals surface area contributed by atoms with Crippen LogP contribution in [0.25, 0.3) is 0 Å². The molecular formula is C22H28N2O2. The van der Waals surface area contributed by atoms with Crippen LogP contribution < -0.4 is 4.74 Å². The van der Waals surface area contributed by atoms with Gasteiger partial charge in [-0.1, -0.05) is 30.7 Å². The summed E-state index contributed by atoms with van der Waals surface area (Å²) in [4.78, 5) is 7.09. The molecule has 1 saturated carbocycles. The van der Waals surface area contributed by atoms with Crippen LogP contribution in [0.4, 0.5) is 0 Å². The first-order valence-corrected chi connectivity index (χ1v) is 9.61. The maximum absolute atomic E-state index is 11.7. The summed E-state index contributed by atoms with van der Waals surface area (Å²) in [6, 6.07) is 12.3. The Morgan fingerprint density at radius 2 is 1.88 bits per heavy atom. The molecule has 138 valence electrons. The van der Waals surface area contributed by atoms with Crippen molar-refractivity contribution in [1.29, 1.82) is 0 Å². The molecule has 0 unspecified atom stereocenters. The van der Waals surface area contributed by atoms with Gasteiger partial charge in [-0.25, -0.2) is 0 Å². The standard InChI is InChI=1S/C22H28N2O2/c1-16-10-11-21(23-12-16)22(25)18-7-5-8-19(22)15-24(14-18)13-17-6-3-4-9-20(17)26-2/h3-4,6,9-12,18-19,25H,5,7-8,13-15H2,1-2H3/t18-,19-/m0/s1. The lowest BCUT2D eigenvalue weighted by Crippen LogP contribution is -2.58. The molecule has 2 fully saturated rings. The van der Waals surface area contributed by atoms with E-state index in [4.69, 9.17) is 4.74 Å². The normalized spacial score (nSPS) is 28.7. The van der Waals surface area contributed by atoms with Gasteiger partial charge in [-0.05, 0) is 37.5 Å². The fraction of sp³-hybridized carbons (Fsp3) is 0.500. The van der Waals surface area contributed by atoms with Crippen molar-refractivity contribution in [1.82, 2.24) is 9.88 Å². The number of para-hydroxylation sites is 1. The molecule has 2 atom stereocenters. The average molecular weight is 352 g/mol. The first-order chi connectivity index (χ1) is 12.6. The summed E-state index contributed by atoms with van der Waals surface area (Å²) in [5.74, 6) is 1.42. The van der Waals surface area contributed by atoms with Crippen molar-refractivity contribution in [3.05, 3.63) is 59.4 Å². The summed E-state index contributed by atoms with van der Waals surface area (Å²) in [5.41, 5.74) is 2.42. The lowest BCUT2D eigenvalue weighted by molar-refractivity contribution is -0.151. The van der Waals surface area contributed by atoms with E-state index in [0.717, 1.165) is 49.5 Å². The molecule has 1 saturated heterocycles. The van der Waals surface area contributed by atoms with Crippen LogP contribution in [0.2, 0.25) is 0 Å². The van der Waals surface area contributed by atoms with Crippen LogP contribution in [-0.2, 0) is 12.1 Å². The molecule has 2 aromatic rings. The van der Waals surface area contributed by atoms with Gasteiger partial charge in [0.15, 0.2) is 0 Å². The van der Waals surface area contributed by atoms with Crippen LogP contribution in [0, 0.1) is 18.8 Å². The van der Waals surface area contributed by atoms with Gasteiger partial charge in [0.25, 0.3) is 0 Å². The molecular weight excluding hydrogens is 324 g/mol. The number of fused-ring (bicyclic) bond motifs is 2. The first-order valence-electron chi connectivity index (χ1n) is 9.61. The Morgan fingerprint density at radius 3 is 2.54 bits per heavy atom. The van der Waals surface area contributed by atoms with Crippen LogP contribution in [-0.4, -0.2) is 35.2 Å². The molecule has 26 heavy (non-hydrogen) atoms. The number of methoxy groups -OCH3 is 1. The van der Waals surface area contributed by atoms with Crippen LogP contribution in [0.1, 0.15) is 36.1 Å². The molecule has 4 heteroatoms. The second kappa shape index (κ2) is 7.01. The number of piperidine rings is 1. The van der Waals surface area contributed by atoms with E-state index in [1.165, 1.54) is 12.0 Å². The molecule has 2 aliphatic rings. The Kier molecular flexibility index (Phi) is 4.72. The summed E-state index contributed by atoms with van der Waals surface area (Å²) in [6.07, 6.45) is 5.20. The van der Waals surface area contributed by atoms with Gasteiger partial charge in [-0.3, -0.25) is 9.88 Å². The van der Waals surface area contributed by atoms with Gasteiger partial charge in [0.2, 0.25) is 0 Å². The predicted molar refractivity (Wildman–Crippen MR) is 102 cm³/mol. The van der Waals surface area contributed by atoms with E-state index < -0.39 is 5.60 Å². The quantitative estimate of drug-likeness (QED) is 0.914. The fourth-order valence-corrected chi connectivity index (χ4v) is 4.87. The van der Waals surface area contributed by atoms with Gasteiger partial charge in [0.1, 0.15) is 11.4 Å². The van der Waals surface area contributed by atoms with Crippen molar-refractivity contribution in [3.8, 4) is 5.75 Å². The Morgan fingerprint density at radius 1 is 1.15 bits per heavy atom. The number of aromatic nitrogens is 1. The highest BCUT2D eigenvalue weighted by Crippen LogP contribution is 2.48. The van der Waals surface area contributed by atoms with Gasteiger partial charge in [-0.15, -0.1) is 0 Å². The lowest BCUT2D eigenvalue weighted by Gasteiger charge is -2.52. The van der Waals surface area contributed by atoms with E-state index in [9.17, 15) is 5.11 Å². The SMILES string of the molecule is COc1ccccc1CN1C[C@@H]2CCC[C@@H](C1)C2(O)c1ccc(C)cn1. The second-order valence-electron chi connectivity index (χ2n) is 7.88. The highest BCUT2D eigenvalue weighted by molar-refractivity contribution is 5.33. The molecule has 2 heterocycles. The minimum absolute atomic E-state index is 0.236. The van der Waals surface area contributed by atoms with Crippen molar-refractivity contribution in [2.45, 2.75) is 38.3 Å². The molecule has 1 aliphatic carbocycles. The fourth-order valence-electron chi connectivity index (χ4n) is 4.87. The number of hydrogen-bond donors (Lipinski definition) is 1. The number of pyridine rings is 1. The third-order valence-electron chi connectivity index (χ3n) is 6.22. The molecule has 2 bridgehead atoms. The van der Waals surface area contributed by atoms with E-state index in [1.807, 2.05) is 31.3 Å².